The first-order chi connectivity index (χ1) is 17.9. The second-order valence-electron chi connectivity index (χ2n) is 11.0. The number of esters is 1. The number of ether oxygens (including phenoxy) is 3. The molecular formula is C28H39NO9. The summed E-state index contributed by atoms with van der Waals surface area (Å²) >= 11 is 0. The molecule has 4 rings (SSSR count). The van der Waals surface area contributed by atoms with E-state index >= 15 is 0 Å². The lowest BCUT2D eigenvalue weighted by molar-refractivity contribution is -0.151. The second kappa shape index (κ2) is 10.9. The van der Waals surface area contributed by atoms with E-state index in [1.165, 1.54) is 14.0 Å². The fraction of sp³-hybridized carbons (Fsp3) is 0.643. The molecule has 0 aromatic carbocycles. The predicted molar refractivity (Wildman–Crippen MR) is 136 cm³/mol. The summed E-state index contributed by atoms with van der Waals surface area (Å²) in [6.45, 7) is 6.95. The lowest BCUT2D eigenvalue weighted by atomic mass is 9.57. The first-order valence-electron chi connectivity index (χ1n) is 13.1. The molecule has 4 bridgehead atoms. The lowest BCUT2D eigenvalue weighted by Gasteiger charge is -2.48. The Bertz CT molecular complexity index is 1070. The lowest BCUT2D eigenvalue weighted by Crippen LogP contribution is -2.57. The fourth-order valence-electron chi connectivity index (χ4n) is 6.74. The number of hydrogen-bond acceptors (Lipinski definition) is 8. The van der Waals surface area contributed by atoms with Gasteiger partial charge in [0.2, 0.25) is 0 Å². The summed E-state index contributed by atoms with van der Waals surface area (Å²) in [6.07, 6.45) is 2.03. The number of nitrogens with one attached hydrogen (secondary N) is 1. The van der Waals surface area contributed by atoms with Crippen molar-refractivity contribution in [2.45, 2.75) is 76.3 Å². The van der Waals surface area contributed by atoms with E-state index < -0.39 is 77.8 Å². The molecule has 1 saturated carbocycles. The minimum atomic E-state index is -1.13. The number of aliphatic hydroxyl groups is 3. The van der Waals surface area contributed by atoms with Gasteiger partial charge in [-0.2, -0.15) is 0 Å². The molecule has 2 aliphatic carbocycles. The van der Waals surface area contributed by atoms with Crippen molar-refractivity contribution in [3.8, 4) is 0 Å². The Morgan fingerprint density at radius 2 is 1.97 bits per heavy atom. The average Bonchev–Trinajstić information content (AvgIpc) is 3.47. The zero-order valence-electron chi connectivity index (χ0n) is 22.4. The van der Waals surface area contributed by atoms with Crippen LogP contribution in [0.1, 0.15) is 44.6 Å². The summed E-state index contributed by atoms with van der Waals surface area (Å²) in [7, 11) is 1.34. The van der Waals surface area contributed by atoms with Crippen molar-refractivity contribution in [3.05, 3.63) is 47.8 Å². The van der Waals surface area contributed by atoms with Crippen molar-refractivity contribution in [1.29, 1.82) is 0 Å². The minimum absolute atomic E-state index is 0.0881. The van der Waals surface area contributed by atoms with Gasteiger partial charge >= 0.3 is 11.9 Å². The van der Waals surface area contributed by atoms with Crippen LogP contribution in [-0.4, -0.2) is 86.7 Å². The van der Waals surface area contributed by atoms with E-state index in [0.717, 1.165) is 0 Å². The normalized spacial score (nSPS) is 37.4. The van der Waals surface area contributed by atoms with E-state index in [1.54, 1.807) is 25.3 Å². The van der Waals surface area contributed by atoms with E-state index in [0.29, 0.717) is 11.3 Å². The van der Waals surface area contributed by atoms with Gasteiger partial charge in [-0.05, 0) is 38.0 Å². The van der Waals surface area contributed by atoms with E-state index in [9.17, 15) is 30.0 Å². The highest BCUT2D eigenvalue weighted by Gasteiger charge is 2.68. The van der Waals surface area contributed by atoms with Gasteiger partial charge in [-0.15, -0.1) is 0 Å². The van der Waals surface area contributed by atoms with Crippen LogP contribution in [0.15, 0.2) is 42.1 Å². The van der Waals surface area contributed by atoms with Crippen LogP contribution in [0.4, 0.5) is 0 Å². The molecule has 1 saturated heterocycles. The van der Waals surface area contributed by atoms with Crippen LogP contribution in [0.25, 0.3) is 0 Å². The van der Waals surface area contributed by atoms with Gasteiger partial charge in [0.1, 0.15) is 23.5 Å². The molecule has 2 fully saturated rings. The quantitative estimate of drug-likeness (QED) is 0.224. The number of carboxylic acid groups (broad SMARTS) is 1. The number of carbonyl (C=O) groups excluding carboxylic acids is 1. The molecule has 0 radical (unpaired) electrons. The Balaban J connectivity index is 1.76. The Morgan fingerprint density at radius 1 is 1.26 bits per heavy atom. The summed E-state index contributed by atoms with van der Waals surface area (Å²) < 4.78 is 18.0. The van der Waals surface area contributed by atoms with Gasteiger partial charge in [-0.3, -0.25) is 0 Å². The maximum Gasteiger partial charge on any atom is 0.355 e. The smallest absolute Gasteiger partial charge is 0.355 e. The number of methoxy groups -OCH3 is 1. The molecule has 3 aliphatic rings. The predicted octanol–water partition coefficient (Wildman–Crippen LogP) is 1.92. The molecule has 2 heterocycles. The van der Waals surface area contributed by atoms with Crippen LogP contribution in [0.2, 0.25) is 0 Å². The van der Waals surface area contributed by atoms with Crippen molar-refractivity contribution < 1.29 is 44.2 Å². The molecule has 10 nitrogen and oxygen atoms in total. The molecule has 5 N–H and O–H groups in total. The number of aromatic nitrogens is 1. The monoisotopic (exact) mass is 533 g/mol. The first-order valence-corrected chi connectivity index (χ1v) is 13.1. The highest BCUT2D eigenvalue weighted by molar-refractivity contribution is 5.87. The molecule has 0 spiro atoms. The third-order valence-corrected chi connectivity index (χ3v) is 8.74. The maximum absolute atomic E-state index is 12.9. The highest BCUT2D eigenvalue weighted by Crippen LogP contribution is 2.61. The van der Waals surface area contributed by atoms with Crippen molar-refractivity contribution in [2.24, 2.45) is 29.6 Å². The number of aliphatic hydroxyl groups excluding tert-OH is 3. The highest BCUT2D eigenvalue weighted by atomic mass is 16.6. The van der Waals surface area contributed by atoms with Gasteiger partial charge in [-0.25, -0.2) is 9.59 Å². The van der Waals surface area contributed by atoms with Crippen LogP contribution in [0, 0.1) is 29.6 Å². The zero-order valence-corrected chi connectivity index (χ0v) is 22.4. The second-order valence-corrected chi connectivity index (χ2v) is 11.0. The summed E-state index contributed by atoms with van der Waals surface area (Å²) in [5.74, 6) is -3.79. The first kappa shape index (κ1) is 28.5. The van der Waals surface area contributed by atoms with Crippen LogP contribution in [-0.2, 0) is 19.0 Å². The number of H-pyrrole nitrogens is 1. The molecule has 10 heteroatoms. The Hall–Kier alpha value is -2.50. The minimum Gasteiger partial charge on any atom is -0.479 e. The summed E-state index contributed by atoms with van der Waals surface area (Å²) in [6, 6.07) is 3.30. The molecule has 1 aromatic heterocycles. The fourth-order valence-corrected chi connectivity index (χ4v) is 6.74. The largest absolute Gasteiger partial charge is 0.479 e. The van der Waals surface area contributed by atoms with E-state index in [-0.39, 0.29) is 12.3 Å². The number of aliphatic carboxylic acids is 1. The summed E-state index contributed by atoms with van der Waals surface area (Å²) in [4.78, 5) is 27.6. The molecule has 1 aromatic rings. The molecule has 12 atom stereocenters. The number of hydrogen-bond donors (Lipinski definition) is 5. The number of carbonyl (C=O) groups is 2. The van der Waals surface area contributed by atoms with Gasteiger partial charge in [0.25, 0.3) is 0 Å². The molecule has 210 valence electrons. The van der Waals surface area contributed by atoms with Crippen molar-refractivity contribution in [2.75, 3.05) is 7.11 Å². The van der Waals surface area contributed by atoms with Crippen molar-refractivity contribution in [1.82, 2.24) is 4.98 Å². The van der Waals surface area contributed by atoms with E-state index in [1.807, 2.05) is 32.1 Å². The number of carboxylic acids is 1. The van der Waals surface area contributed by atoms with Crippen LogP contribution in [0.3, 0.4) is 0 Å². The SMILES string of the molecule is CO[C@@H](C[C@H]1C=C[C@H]2[C@@H]3O[C@]1(/C(C)=C/[C@@H](C)[C@H](O)[C@@H](C)O)[C@@H]2[C@H](O)[C@@H](C)[C@H]3OC(=O)c1ccc[nH]1)C(=O)O. The standard InChI is InChI=1S/C28H39NO9/c1-13(22(31)16(4)30)11-14(2)28-17(12-20(36-5)26(33)34)8-9-18-21(28)23(32)15(3)24(25(18)38-28)37-27(35)19-7-6-10-29-19/h6-11,13,15-18,20-25,29-32H,12H2,1-5H3,(H,33,34)/b14-11+/t13-,15-,16-,17-,18-,20+,21+,22+,23-,24-,25+,28+/m1/s1. The Morgan fingerprint density at radius 3 is 2.55 bits per heavy atom. The summed E-state index contributed by atoms with van der Waals surface area (Å²) in [5.41, 5.74) is -0.136. The summed E-state index contributed by atoms with van der Waals surface area (Å²) in [5, 5.41) is 41.8. The average molecular weight is 534 g/mol. The van der Waals surface area contributed by atoms with E-state index in [2.05, 4.69) is 4.98 Å². The Kier molecular flexibility index (Phi) is 8.20. The molecule has 0 amide bonds. The zero-order chi connectivity index (χ0) is 27.9. The van der Waals surface area contributed by atoms with Crippen molar-refractivity contribution in [3.63, 3.8) is 0 Å². The van der Waals surface area contributed by atoms with Gasteiger partial charge in [-0.1, -0.05) is 32.1 Å². The van der Waals surface area contributed by atoms with Crippen LogP contribution >= 0.6 is 0 Å². The molecular weight excluding hydrogens is 494 g/mol. The number of rotatable bonds is 10. The molecule has 0 unspecified atom stereocenters. The van der Waals surface area contributed by atoms with Crippen molar-refractivity contribution >= 4 is 11.9 Å². The van der Waals surface area contributed by atoms with Gasteiger partial charge in [0.05, 0.1) is 18.3 Å². The van der Waals surface area contributed by atoms with Crippen LogP contribution in [0.5, 0.6) is 0 Å². The Labute approximate surface area is 222 Å². The van der Waals surface area contributed by atoms with Gasteiger partial charge in [0.15, 0.2) is 6.10 Å². The molecule has 1 aliphatic heterocycles. The third-order valence-electron chi connectivity index (χ3n) is 8.74. The van der Waals surface area contributed by atoms with E-state index in [4.69, 9.17) is 14.2 Å². The molecule has 38 heavy (non-hydrogen) atoms. The third kappa shape index (κ3) is 4.73. The van der Waals surface area contributed by atoms with Gasteiger partial charge in [0, 0.05) is 42.9 Å². The topological polar surface area (TPSA) is 159 Å². The van der Waals surface area contributed by atoms with Crippen LogP contribution < -0.4 is 0 Å². The number of aromatic amines is 1. The van der Waals surface area contributed by atoms with Gasteiger partial charge < -0.3 is 39.6 Å². The maximum atomic E-state index is 12.9.